The van der Waals surface area contributed by atoms with Gasteiger partial charge < -0.3 is 20.0 Å². The Labute approximate surface area is 204 Å². The predicted molar refractivity (Wildman–Crippen MR) is 137 cm³/mol. The quantitative estimate of drug-likeness (QED) is 0.612. The molecule has 1 aromatic carbocycles. The zero-order valence-corrected chi connectivity index (χ0v) is 21.4. The highest BCUT2D eigenvalue weighted by molar-refractivity contribution is 6.02. The summed E-state index contributed by atoms with van der Waals surface area (Å²) >= 11 is 0. The van der Waals surface area contributed by atoms with Crippen LogP contribution in [0.4, 0.5) is 11.4 Å². The molecule has 0 unspecified atom stereocenters. The Hall–Kier alpha value is -2.57. The normalized spacial score (nSPS) is 17.1. The van der Waals surface area contributed by atoms with Crippen molar-refractivity contribution in [1.29, 1.82) is 0 Å². The van der Waals surface area contributed by atoms with Crippen molar-refractivity contribution in [3.8, 4) is 0 Å². The lowest BCUT2D eigenvalue weighted by Gasteiger charge is -2.28. The lowest BCUT2D eigenvalue weighted by molar-refractivity contribution is -0.135. The number of nitrogens with zero attached hydrogens (tertiary/aromatic N) is 3. The molecule has 2 fully saturated rings. The third kappa shape index (κ3) is 6.51. The average molecular weight is 471 g/mol. The molecule has 1 aliphatic heterocycles. The standard InChI is InChI=1S/C27H42N4O3/c1-5-29(6-2)27(34)23-19-22(28-25(32)18-20(3)4)12-13-24(23)30-14-9-15-31(17-16-30)26(33)21-10-7-8-11-21/h12-13,19-21H,5-11,14-18H2,1-4H3,(H,28,32). The molecule has 3 rings (SSSR count). The Balaban J connectivity index is 1.81. The highest BCUT2D eigenvalue weighted by Crippen LogP contribution is 2.29. The monoisotopic (exact) mass is 470 g/mol. The van der Waals surface area contributed by atoms with Crippen LogP contribution in [0.1, 0.15) is 76.6 Å². The predicted octanol–water partition coefficient (Wildman–Crippen LogP) is 4.38. The van der Waals surface area contributed by atoms with Crippen molar-refractivity contribution in [3.05, 3.63) is 23.8 Å². The van der Waals surface area contributed by atoms with Crippen LogP contribution in [0.3, 0.4) is 0 Å². The first kappa shape index (κ1) is 26.0. The Morgan fingerprint density at radius 3 is 2.35 bits per heavy atom. The lowest BCUT2D eigenvalue weighted by atomic mass is 10.1. The van der Waals surface area contributed by atoms with Gasteiger partial charge in [0, 0.05) is 63.0 Å². The number of carbonyl (C=O) groups is 3. The smallest absolute Gasteiger partial charge is 0.256 e. The minimum atomic E-state index is -0.0418. The van der Waals surface area contributed by atoms with E-state index in [1.54, 1.807) is 0 Å². The fourth-order valence-corrected chi connectivity index (χ4v) is 5.13. The molecule has 2 aliphatic rings. The van der Waals surface area contributed by atoms with Crippen molar-refractivity contribution >= 4 is 29.1 Å². The molecular formula is C27H42N4O3. The summed E-state index contributed by atoms with van der Waals surface area (Å²) in [6.07, 6.45) is 5.68. The van der Waals surface area contributed by atoms with E-state index in [4.69, 9.17) is 0 Å². The first-order valence-electron chi connectivity index (χ1n) is 13.1. The van der Waals surface area contributed by atoms with Crippen molar-refractivity contribution in [1.82, 2.24) is 9.80 Å². The van der Waals surface area contributed by atoms with Crippen molar-refractivity contribution in [2.75, 3.05) is 49.5 Å². The van der Waals surface area contributed by atoms with Crippen molar-refractivity contribution < 1.29 is 14.4 Å². The van der Waals surface area contributed by atoms with Crippen LogP contribution < -0.4 is 10.2 Å². The molecule has 1 N–H and O–H groups in total. The van der Waals surface area contributed by atoms with Crippen LogP contribution in [0.15, 0.2) is 18.2 Å². The summed E-state index contributed by atoms with van der Waals surface area (Å²) in [5.74, 6) is 0.702. The molecule has 7 heteroatoms. The van der Waals surface area contributed by atoms with E-state index in [9.17, 15) is 14.4 Å². The number of nitrogens with one attached hydrogen (secondary N) is 1. The number of anilines is 2. The maximum atomic E-state index is 13.4. The van der Waals surface area contributed by atoms with Gasteiger partial charge in [0.1, 0.15) is 0 Å². The van der Waals surface area contributed by atoms with Gasteiger partial charge in [0.05, 0.1) is 5.56 Å². The van der Waals surface area contributed by atoms with Gasteiger partial charge in [-0.3, -0.25) is 14.4 Å². The summed E-state index contributed by atoms with van der Waals surface area (Å²) in [6, 6.07) is 5.66. The van der Waals surface area contributed by atoms with Crippen LogP contribution >= 0.6 is 0 Å². The molecule has 1 aliphatic carbocycles. The summed E-state index contributed by atoms with van der Waals surface area (Å²) in [4.78, 5) is 44.8. The van der Waals surface area contributed by atoms with Crippen molar-refractivity contribution in [2.45, 2.75) is 66.2 Å². The Bertz CT molecular complexity index is 859. The summed E-state index contributed by atoms with van der Waals surface area (Å²) in [7, 11) is 0. The van der Waals surface area contributed by atoms with Gasteiger partial charge >= 0.3 is 0 Å². The Kier molecular flexibility index (Phi) is 9.36. The van der Waals surface area contributed by atoms with Gasteiger partial charge in [-0.05, 0) is 57.2 Å². The van der Waals surface area contributed by atoms with Crippen molar-refractivity contribution in [2.24, 2.45) is 11.8 Å². The SMILES string of the molecule is CCN(CC)C(=O)c1cc(NC(=O)CC(C)C)ccc1N1CCCN(C(=O)C2CCCC2)CC1. The Morgan fingerprint density at radius 2 is 1.71 bits per heavy atom. The second-order valence-electron chi connectivity index (χ2n) is 10.0. The van der Waals surface area contributed by atoms with E-state index in [1.807, 2.05) is 55.7 Å². The molecule has 34 heavy (non-hydrogen) atoms. The molecular weight excluding hydrogens is 428 g/mol. The zero-order valence-electron chi connectivity index (χ0n) is 21.4. The van der Waals surface area contributed by atoms with Gasteiger partial charge in [0.15, 0.2) is 0 Å². The van der Waals surface area contributed by atoms with Crippen LogP contribution in [0.2, 0.25) is 0 Å². The summed E-state index contributed by atoms with van der Waals surface area (Å²) in [5, 5.41) is 2.96. The first-order valence-corrected chi connectivity index (χ1v) is 13.1. The van der Waals surface area contributed by atoms with Gasteiger partial charge in [0.2, 0.25) is 11.8 Å². The topological polar surface area (TPSA) is 73.0 Å². The third-order valence-corrected chi connectivity index (χ3v) is 7.01. The fraction of sp³-hybridized carbons (Fsp3) is 0.667. The van der Waals surface area contributed by atoms with E-state index in [-0.39, 0.29) is 23.7 Å². The van der Waals surface area contributed by atoms with E-state index in [0.29, 0.717) is 49.8 Å². The molecule has 1 saturated carbocycles. The average Bonchev–Trinajstić information content (AvgIpc) is 3.24. The second kappa shape index (κ2) is 12.2. The van der Waals surface area contributed by atoms with E-state index in [1.165, 1.54) is 0 Å². The largest absolute Gasteiger partial charge is 0.369 e. The van der Waals surface area contributed by atoms with Crippen LogP contribution in [-0.4, -0.2) is 66.8 Å². The minimum absolute atomic E-state index is 0.0249. The van der Waals surface area contributed by atoms with E-state index < -0.39 is 0 Å². The lowest BCUT2D eigenvalue weighted by Crippen LogP contribution is -2.38. The second-order valence-corrected chi connectivity index (χ2v) is 10.0. The molecule has 0 atom stereocenters. The van der Waals surface area contributed by atoms with Crippen molar-refractivity contribution in [3.63, 3.8) is 0 Å². The van der Waals surface area contributed by atoms with Crippen LogP contribution in [-0.2, 0) is 9.59 Å². The molecule has 1 saturated heterocycles. The third-order valence-electron chi connectivity index (χ3n) is 7.01. The molecule has 0 spiro atoms. The molecule has 1 heterocycles. The molecule has 0 aromatic heterocycles. The number of amides is 3. The van der Waals surface area contributed by atoms with Crippen LogP contribution in [0.5, 0.6) is 0 Å². The summed E-state index contributed by atoms with van der Waals surface area (Å²) < 4.78 is 0. The highest BCUT2D eigenvalue weighted by atomic mass is 16.2. The summed E-state index contributed by atoms with van der Waals surface area (Å²) in [6.45, 7) is 12.2. The van der Waals surface area contributed by atoms with Gasteiger partial charge in [0.25, 0.3) is 5.91 Å². The number of hydrogen-bond donors (Lipinski definition) is 1. The van der Waals surface area contributed by atoms with Crippen LogP contribution in [0.25, 0.3) is 0 Å². The summed E-state index contributed by atoms with van der Waals surface area (Å²) in [5.41, 5.74) is 2.15. The highest BCUT2D eigenvalue weighted by Gasteiger charge is 2.29. The number of carbonyl (C=O) groups excluding carboxylic acids is 3. The maximum absolute atomic E-state index is 13.4. The molecule has 0 bridgehead atoms. The van der Waals surface area contributed by atoms with E-state index >= 15 is 0 Å². The van der Waals surface area contributed by atoms with Crippen LogP contribution in [0, 0.1) is 11.8 Å². The molecule has 188 valence electrons. The molecule has 0 radical (unpaired) electrons. The number of hydrogen-bond acceptors (Lipinski definition) is 4. The molecule has 7 nitrogen and oxygen atoms in total. The van der Waals surface area contributed by atoms with E-state index in [2.05, 4.69) is 10.2 Å². The molecule has 1 aromatic rings. The minimum Gasteiger partial charge on any atom is -0.369 e. The maximum Gasteiger partial charge on any atom is 0.256 e. The van der Waals surface area contributed by atoms with Gasteiger partial charge in [-0.25, -0.2) is 0 Å². The fourth-order valence-electron chi connectivity index (χ4n) is 5.13. The molecule has 3 amide bonds. The van der Waals surface area contributed by atoms with Gasteiger partial charge in [-0.15, -0.1) is 0 Å². The Morgan fingerprint density at radius 1 is 1.00 bits per heavy atom. The van der Waals surface area contributed by atoms with E-state index in [0.717, 1.165) is 50.9 Å². The number of rotatable bonds is 8. The zero-order chi connectivity index (χ0) is 24.7. The first-order chi connectivity index (χ1) is 16.3. The van der Waals surface area contributed by atoms with Gasteiger partial charge in [-0.2, -0.15) is 0 Å². The number of benzene rings is 1. The van der Waals surface area contributed by atoms with Gasteiger partial charge in [-0.1, -0.05) is 26.7 Å².